The molecule has 0 aromatic carbocycles. The van der Waals surface area contributed by atoms with Crippen molar-refractivity contribution >= 4 is 35.1 Å². The standard InChI is InChI=1S/C53H82Cl2O17/c1-30-18-21-51-23-20-40(63-4)49(71-51)48(61)47(60)31(2)14-17-39-46(55)44(64-5)28-52(68-39)22-19-32(3)53(72-52)29-43(38(70-53)13-11-9-7-8-10-12-37(58)50(62)65-6)67-45(59)27-42-36(54)16-15-35(66-42)25-33(56)24-34(57)26-41(30)69-51/h8-11,18,21,30-44,46-49,56-58,60-61H,7,12-17,19-20,22-29H2,1-6H3/b10-8-,11-9+/t30-,31-,32-,33-,34-,35-,36-,37+,38-,39+,40-,41+,42-,43-,44+,46+,47-,48-,49-,51-,52+,53+/m0/s1. The number of esters is 2. The first-order valence-corrected chi connectivity index (χ1v) is 27.3. The third-order valence-electron chi connectivity index (χ3n) is 16.3. The van der Waals surface area contributed by atoms with Crippen LogP contribution in [0.4, 0.5) is 0 Å². The molecule has 410 valence electrons. The average Bonchev–Trinajstić information content (AvgIpc) is 3.69. The van der Waals surface area contributed by atoms with Crippen LogP contribution in [0.5, 0.6) is 0 Å². The number of hydrogen-bond donors (Lipinski definition) is 5. The molecule has 6 fully saturated rings. The summed E-state index contributed by atoms with van der Waals surface area (Å²) in [4.78, 5) is 25.6. The minimum absolute atomic E-state index is 0.0660. The zero-order valence-electron chi connectivity index (χ0n) is 42.8. The van der Waals surface area contributed by atoms with Crippen LogP contribution < -0.4 is 0 Å². The molecule has 7 heterocycles. The summed E-state index contributed by atoms with van der Waals surface area (Å²) in [5, 5.41) is 55.3. The van der Waals surface area contributed by atoms with Crippen LogP contribution in [0.25, 0.3) is 0 Å². The number of ether oxygens (including phenoxy) is 10. The summed E-state index contributed by atoms with van der Waals surface area (Å²) in [7, 11) is 4.39. The number of aliphatic hydroxyl groups excluding tert-OH is 5. The fourth-order valence-electron chi connectivity index (χ4n) is 11.9. The van der Waals surface area contributed by atoms with Gasteiger partial charge in [0.1, 0.15) is 24.4 Å². The maximum Gasteiger partial charge on any atom is 0.335 e. The van der Waals surface area contributed by atoms with Crippen LogP contribution in [0.1, 0.15) is 130 Å². The number of allylic oxidation sites excluding steroid dienone is 2. The lowest BCUT2D eigenvalue weighted by Crippen LogP contribution is -2.61. The predicted octanol–water partition coefficient (Wildman–Crippen LogP) is 5.82. The second kappa shape index (κ2) is 25.6. The van der Waals surface area contributed by atoms with Crippen LogP contribution in [0.15, 0.2) is 36.5 Å². The minimum atomic E-state index is -1.35. The van der Waals surface area contributed by atoms with Gasteiger partial charge in [-0.3, -0.25) is 4.79 Å². The van der Waals surface area contributed by atoms with E-state index in [0.717, 1.165) is 0 Å². The summed E-state index contributed by atoms with van der Waals surface area (Å²) < 4.78 is 63.5. The molecule has 19 heteroatoms. The van der Waals surface area contributed by atoms with Crippen molar-refractivity contribution in [3.05, 3.63) is 36.5 Å². The summed E-state index contributed by atoms with van der Waals surface area (Å²) in [5.41, 5.74) is 0. The third-order valence-corrected chi connectivity index (χ3v) is 17.4. The Morgan fingerprint density at radius 1 is 0.792 bits per heavy atom. The molecule has 0 unspecified atom stereocenters. The molecule has 72 heavy (non-hydrogen) atoms. The molecule has 7 rings (SSSR count). The Hall–Kier alpha value is -1.78. The highest BCUT2D eigenvalue weighted by Gasteiger charge is 2.61. The molecular formula is C53H82Cl2O17. The van der Waals surface area contributed by atoms with E-state index in [-0.39, 0.29) is 50.4 Å². The fourth-order valence-corrected chi connectivity index (χ4v) is 12.5. The van der Waals surface area contributed by atoms with E-state index >= 15 is 0 Å². The molecule has 9 bridgehead atoms. The Kier molecular flexibility index (Phi) is 20.6. The lowest BCUT2D eigenvalue weighted by molar-refractivity contribution is -0.413. The van der Waals surface area contributed by atoms with Crippen molar-refractivity contribution < 1.29 is 82.5 Å². The number of halogens is 2. The van der Waals surface area contributed by atoms with Gasteiger partial charge >= 0.3 is 11.9 Å². The predicted molar refractivity (Wildman–Crippen MR) is 264 cm³/mol. The molecule has 7 aliphatic rings. The Morgan fingerprint density at radius 3 is 2.29 bits per heavy atom. The molecule has 0 aromatic rings. The molecule has 0 aliphatic carbocycles. The van der Waals surface area contributed by atoms with E-state index in [4.69, 9.17) is 65.8 Å². The zero-order valence-corrected chi connectivity index (χ0v) is 44.4. The van der Waals surface area contributed by atoms with Gasteiger partial charge in [-0.2, -0.15) is 0 Å². The van der Waals surface area contributed by atoms with Crippen LogP contribution >= 0.6 is 23.2 Å². The van der Waals surface area contributed by atoms with Gasteiger partial charge in [-0.15, -0.1) is 23.2 Å². The second-order valence-electron chi connectivity index (χ2n) is 21.6. The summed E-state index contributed by atoms with van der Waals surface area (Å²) in [6, 6.07) is 0. The quantitative estimate of drug-likeness (QED) is 0.104. The monoisotopic (exact) mass is 1060 g/mol. The van der Waals surface area contributed by atoms with E-state index in [1.807, 2.05) is 44.2 Å². The largest absolute Gasteiger partial charge is 0.467 e. The number of fused-ring (bicyclic) bond motifs is 6. The van der Waals surface area contributed by atoms with Crippen molar-refractivity contribution in [1.82, 2.24) is 0 Å². The number of hydrogen-bond acceptors (Lipinski definition) is 17. The van der Waals surface area contributed by atoms with Crippen LogP contribution in [-0.2, 0) is 57.0 Å². The van der Waals surface area contributed by atoms with Gasteiger partial charge in [0, 0.05) is 64.6 Å². The van der Waals surface area contributed by atoms with Gasteiger partial charge in [-0.05, 0) is 76.2 Å². The number of carbonyl (C=O) groups is 2. The molecule has 22 atom stereocenters. The number of carbonyl (C=O) groups excluding carboxylic acids is 2. The maximum atomic E-state index is 14.0. The Balaban J connectivity index is 1.14. The van der Waals surface area contributed by atoms with E-state index in [1.165, 1.54) is 7.11 Å². The highest BCUT2D eigenvalue weighted by molar-refractivity contribution is 6.21. The highest BCUT2D eigenvalue weighted by Crippen LogP contribution is 2.53. The van der Waals surface area contributed by atoms with Crippen molar-refractivity contribution in [2.24, 2.45) is 17.8 Å². The molecule has 17 nitrogen and oxygen atoms in total. The summed E-state index contributed by atoms with van der Waals surface area (Å²) in [5.74, 6) is -5.54. The number of rotatable bonds is 9. The van der Waals surface area contributed by atoms with Gasteiger partial charge in [0.15, 0.2) is 23.5 Å². The second-order valence-corrected chi connectivity index (χ2v) is 22.7. The first kappa shape index (κ1) is 57.9. The summed E-state index contributed by atoms with van der Waals surface area (Å²) in [6.07, 6.45) is 5.99. The number of alkyl halides is 2. The van der Waals surface area contributed by atoms with Crippen LogP contribution in [0, 0.1) is 17.8 Å². The molecule has 0 aromatic heterocycles. The molecule has 3 spiro atoms. The number of aliphatic hydroxyl groups is 5. The van der Waals surface area contributed by atoms with E-state index < -0.39 is 131 Å². The zero-order chi connectivity index (χ0) is 52.0. The van der Waals surface area contributed by atoms with Crippen molar-refractivity contribution in [2.45, 2.75) is 243 Å². The van der Waals surface area contributed by atoms with E-state index in [1.54, 1.807) is 20.3 Å². The molecule has 5 N–H and O–H groups in total. The normalized spacial score (nSPS) is 46.3. The van der Waals surface area contributed by atoms with Crippen LogP contribution in [-0.4, -0.2) is 172 Å². The fraction of sp³-hybridized carbons (Fsp3) is 0.849. The van der Waals surface area contributed by atoms with Crippen molar-refractivity contribution in [1.29, 1.82) is 0 Å². The van der Waals surface area contributed by atoms with Crippen molar-refractivity contribution in [2.75, 3.05) is 21.3 Å². The topological polar surface area (TPSA) is 228 Å². The average molecular weight is 1060 g/mol. The first-order valence-electron chi connectivity index (χ1n) is 26.4. The smallest absolute Gasteiger partial charge is 0.335 e. The van der Waals surface area contributed by atoms with Gasteiger partial charge < -0.3 is 72.9 Å². The van der Waals surface area contributed by atoms with E-state index in [0.29, 0.717) is 70.6 Å². The first-order chi connectivity index (χ1) is 34.3. The highest BCUT2D eigenvalue weighted by atomic mass is 35.5. The molecule has 0 radical (unpaired) electrons. The molecule has 0 amide bonds. The van der Waals surface area contributed by atoms with Gasteiger partial charge in [-0.1, -0.05) is 51.2 Å². The summed E-state index contributed by atoms with van der Waals surface area (Å²) >= 11 is 14.0. The maximum absolute atomic E-state index is 14.0. The van der Waals surface area contributed by atoms with Crippen molar-refractivity contribution in [3.8, 4) is 0 Å². The number of methoxy groups -OCH3 is 3. The Morgan fingerprint density at radius 2 is 1.54 bits per heavy atom. The molecule has 6 saturated heterocycles. The van der Waals surface area contributed by atoms with E-state index in [2.05, 4.69) is 11.7 Å². The van der Waals surface area contributed by atoms with Gasteiger partial charge in [0.25, 0.3) is 0 Å². The molecular weight excluding hydrogens is 979 g/mol. The lowest BCUT2D eigenvalue weighted by atomic mass is 9.82. The molecule has 0 saturated carbocycles. The minimum Gasteiger partial charge on any atom is -0.467 e. The van der Waals surface area contributed by atoms with Crippen LogP contribution in [0.3, 0.4) is 0 Å². The van der Waals surface area contributed by atoms with Crippen molar-refractivity contribution in [3.63, 3.8) is 0 Å². The Bertz CT molecular complexity index is 1860. The van der Waals surface area contributed by atoms with Crippen LogP contribution in [0.2, 0.25) is 0 Å². The molecule has 7 aliphatic heterocycles. The summed E-state index contributed by atoms with van der Waals surface area (Å²) in [6.45, 7) is 5.90. The SMILES string of the molecule is COC(=O)[C@H](O)C/C=C\C/C=C/C[C@@H]1O[C@@]23C[C@@H]1OC(=O)C[C@@H]1O[C@@H](CC[C@@H]1Cl)C[C@@H](O)C[C@H](O)C[C@H]1O[C@]4(C=C[C@@H]1C)CC[C@H](OC)[C@H](O4)[C@@H](O)[C@@H](O)[C@@H](C)CC[C@H]1O[C@@](CC[C@@H]2C)(C[C@@H](OC)[C@@H]1Cl)O3. The van der Waals surface area contributed by atoms with Gasteiger partial charge in [0.2, 0.25) is 0 Å². The van der Waals surface area contributed by atoms with E-state index in [9.17, 15) is 35.1 Å². The Labute approximate surface area is 435 Å². The lowest BCUT2D eigenvalue weighted by Gasteiger charge is -2.54. The van der Waals surface area contributed by atoms with Gasteiger partial charge in [-0.25, -0.2) is 4.79 Å². The van der Waals surface area contributed by atoms with Gasteiger partial charge in [0.05, 0.1) is 79.2 Å². The third kappa shape index (κ3) is 14.0.